The van der Waals surface area contributed by atoms with Gasteiger partial charge in [-0.3, -0.25) is 0 Å². The van der Waals surface area contributed by atoms with E-state index < -0.39 is 124 Å². The Morgan fingerprint density at radius 3 is 0.949 bits per heavy atom. The van der Waals surface area contributed by atoms with Gasteiger partial charge in [0.05, 0.1) is 94.5 Å². The topological polar surface area (TPSA) is 392 Å². The first-order valence-electron chi connectivity index (χ1n) is 24.7. The molecule has 0 aliphatic carbocycles. The van der Waals surface area contributed by atoms with Gasteiger partial charge in [0.25, 0.3) is 0 Å². The monoisotopic (exact) mass is 1110 g/mol. The first-order chi connectivity index (χ1) is 37.4. The van der Waals surface area contributed by atoms with E-state index in [1.807, 2.05) is 0 Å². The molecule has 19 unspecified atom stereocenters. The van der Waals surface area contributed by atoms with E-state index in [4.69, 9.17) is 71.4 Å². The van der Waals surface area contributed by atoms with Gasteiger partial charge >= 0.3 is 0 Å². The molecule has 0 bridgehead atoms. The second-order valence-corrected chi connectivity index (χ2v) is 18.6. The lowest BCUT2D eigenvalue weighted by atomic mass is 9.84. The van der Waals surface area contributed by atoms with Crippen LogP contribution in [0.15, 0.2) is 42.5 Å². The molecule has 0 radical (unpaired) electrons. The molecule has 0 amide bonds. The predicted molar refractivity (Wildman–Crippen MR) is 262 cm³/mol. The second-order valence-electron chi connectivity index (χ2n) is 18.6. The molecular formula is C51H70O27. The van der Waals surface area contributed by atoms with Crippen LogP contribution in [0.3, 0.4) is 0 Å². The summed E-state index contributed by atoms with van der Waals surface area (Å²) in [6.45, 7) is -1.30. The fourth-order valence-electron chi connectivity index (χ4n) is 9.74. The summed E-state index contributed by atoms with van der Waals surface area (Å²) in [4.78, 5) is 0. The van der Waals surface area contributed by atoms with Crippen molar-refractivity contribution in [3.63, 3.8) is 0 Å². The van der Waals surface area contributed by atoms with Gasteiger partial charge in [-0.1, -0.05) is 12.2 Å². The third kappa shape index (κ3) is 12.4. The summed E-state index contributed by atoms with van der Waals surface area (Å²) in [5.74, 6) is 1.32. The summed E-state index contributed by atoms with van der Waals surface area (Å²) in [5.41, 5.74) is 2.05. The number of hydrogen-bond donors (Lipinski definition) is 13. The van der Waals surface area contributed by atoms with E-state index in [0.29, 0.717) is 29.9 Å². The Bertz CT molecular complexity index is 2250. The first-order valence-corrected chi connectivity index (χ1v) is 24.7. The molecule has 19 atom stereocenters. The zero-order valence-corrected chi connectivity index (χ0v) is 43.4. The highest BCUT2D eigenvalue weighted by atomic mass is 16.7. The van der Waals surface area contributed by atoms with Crippen LogP contribution in [0.25, 0.3) is 6.08 Å². The van der Waals surface area contributed by atoms with Crippen LogP contribution in [0, 0.1) is 11.8 Å². The van der Waals surface area contributed by atoms with Gasteiger partial charge in [-0.2, -0.15) is 0 Å². The number of rotatable bonds is 19. The third-order valence-corrected chi connectivity index (χ3v) is 14.0. The van der Waals surface area contributed by atoms with Crippen LogP contribution in [0.5, 0.6) is 51.7 Å². The predicted octanol–water partition coefficient (Wildman–Crippen LogP) is -2.96. The average Bonchev–Trinajstić information content (AvgIpc) is 4.12. The van der Waals surface area contributed by atoms with Crippen molar-refractivity contribution in [1.82, 2.24) is 0 Å². The summed E-state index contributed by atoms with van der Waals surface area (Å²) < 4.78 is 79.5. The molecule has 27 nitrogen and oxygen atoms in total. The van der Waals surface area contributed by atoms with Crippen molar-refractivity contribution in [3.05, 3.63) is 59.2 Å². The SMILES string of the molecule is COc1cc(C2OCC3C(c4cc(OC)c(OC5OC(CO)C(O)C(O)C5O)c(OC)c4)OCC23)cc(OC)c1OC1OC(CO)C(O)C(O)C1O.COc1cc(C=CCO)cc(OC)c1OC1OC(CO)C(O)C(O)C1O. The second kappa shape index (κ2) is 26.9. The fraction of sp³-hybridized carbons (Fsp3) is 0.608. The molecule has 0 spiro atoms. The van der Waals surface area contributed by atoms with Gasteiger partial charge in [-0.25, -0.2) is 0 Å². The highest BCUT2D eigenvalue weighted by molar-refractivity contribution is 5.62. The van der Waals surface area contributed by atoms with Crippen LogP contribution in [0.4, 0.5) is 0 Å². The molecule has 3 aromatic carbocycles. The Labute approximate surface area is 447 Å². The lowest BCUT2D eigenvalue weighted by Gasteiger charge is -2.39. The zero-order chi connectivity index (χ0) is 56.7. The summed E-state index contributed by atoms with van der Waals surface area (Å²) in [5, 5.41) is 129. The standard InChI is InChI=1S/C34H46O18.C17H24O9/c1-43-17-5-13(6-18(44-2)31(17)51-33-27(41)25(39)23(37)21(9-35)49-33)29-15-11-48-30(16(15)12-47-29)14-7-19(45-3)32(20(8-14)46-4)52-34-28(42)26(40)24(38)22(10-36)50-34;1-23-10-6-9(4-3-5-18)7-11(24-2)16(10)26-17-15(22)14(21)13(20)12(8-19)25-17/h5-8,15-16,21-30,33-42H,9-12H2,1-4H3;3-4,6-7,12-15,17-22H,5,8H2,1-2H3. The summed E-state index contributed by atoms with van der Waals surface area (Å²) in [7, 11) is 8.48. The normalized spacial score (nSPS) is 34.5. The van der Waals surface area contributed by atoms with E-state index in [1.54, 1.807) is 42.5 Å². The Morgan fingerprint density at radius 1 is 0.410 bits per heavy atom. The molecule has 5 aliphatic heterocycles. The minimum atomic E-state index is -1.65. The summed E-state index contributed by atoms with van der Waals surface area (Å²) in [6, 6.07) is 10.0. The van der Waals surface area contributed by atoms with E-state index in [0.717, 1.165) is 0 Å². The van der Waals surface area contributed by atoms with Crippen LogP contribution in [0.2, 0.25) is 0 Å². The van der Waals surface area contributed by atoms with Crippen LogP contribution < -0.4 is 42.6 Å². The number of methoxy groups -OCH3 is 6. The Hall–Kier alpha value is -5.12. The number of hydrogen-bond acceptors (Lipinski definition) is 27. The van der Waals surface area contributed by atoms with Gasteiger partial charge < -0.3 is 133 Å². The van der Waals surface area contributed by atoms with Crippen molar-refractivity contribution >= 4 is 6.08 Å². The summed E-state index contributed by atoms with van der Waals surface area (Å²) in [6.07, 6.45) is -19.8. The van der Waals surface area contributed by atoms with Crippen LogP contribution >= 0.6 is 0 Å². The lowest BCUT2D eigenvalue weighted by Crippen LogP contribution is -2.60. The van der Waals surface area contributed by atoms with Crippen molar-refractivity contribution in [2.24, 2.45) is 11.8 Å². The molecular weight excluding hydrogens is 1040 g/mol. The number of ether oxygens (including phenoxy) is 14. The maximum Gasteiger partial charge on any atom is 0.229 e. The quantitative estimate of drug-likeness (QED) is 0.0570. The van der Waals surface area contributed by atoms with Gasteiger partial charge in [-0.05, 0) is 53.1 Å². The van der Waals surface area contributed by atoms with Crippen molar-refractivity contribution in [2.45, 2.75) is 104 Å². The van der Waals surface area contributed by atoms with Crippen molar-refractivity contribution < 1.29 is 133 Å². The highest BCUT2D eigenvalue weighted by Crippen LogP contribution is 2.54. The van der Waals surface area contributed by atoms with E-state index >= 15 is 0 Å². The maximum absolute atomic E-state index is 10.5. The summed E-state index contributed by atoms with van der Waals surface area (Å²) >= 11 is 0. The number of aliphatic hydroxyl groups excluding tert-OH is 13. The van der Waals surface area contributed by atoms with Gasteiger partial charge in [0.2, 0.25) is 36.1 Å². The van der Waals surface area contributed by atoms with Crippen molar-refractivity contribution in [3.8, 4) is 51.7 Å². The molecule has 5 fully saturated rings. The molecule has 5 saturated heterocycles. The van der Waals surface area contributed by atoms with Crippen LogP contribution in [-0.2, 0) is 23.7 Å². The van der Waals surface area contributed by atoms with Gasteiger partial charge in [0.1, 0.15) is 73.2 Å². The van der Waals surface area contributed by atoms with Crippen molar-refractivity contribution in [2.75, 3.05) is 82.3 Å². The highest BCUT2D eigenvalue weighted by Gasteiger charge is 2.51. The zero-order valence-electron chi connectivity index (χ0n) is 43.4. The van der Waals surface area contributed by atoms with Gasteiger partial charge in [0, 0.05) is 11.8 Å². The van der Waals surface area contributed by atoms with Crippen LogP contribution in [-0.4, -0.2) is 241 Å². The molecule has 5 aliphatic rings. The molecule has 5 heterocycles. The number of fused-ring (bicyclic) bond motifs is 1. The lowest BCUT2D eigenvalue weighted by molar-refractivity contribution is -0.277. The largest absolute Gasteiger partial charge is 0.493 e. The van der Waals surface area contributed by atoms with Gasteiger partial charge in [-0.15, -0.1) is 0 Å². The minimum absolute atomic E-state index is 0.0541. The molecule has 0 aromatic heterocycles. The van der Waals surface area contributed by atoms with E-state index in [9.17, 15) is 61.3 Å². The molecule has 3 aromatic rings. The molecule has 27 heteroatoms. The first kappa shape index (κ1) is 60.5. The molecule has 13 N–H and O–H groups in total. The van der Waals surface area contributed by atoms with E-state index in [1.165, 1.54) is 48.7 Å². The average molecular weight is 1120 g/mol. The maximum atomic E-state index is 10.5. The van der Waals surface area contributed by atoms with Crippen molar-refractivity contribution in [1.29, 1.82) is 0 Å². The van der Waals surface area contributed by atoms with E-state index in [-0.39, 0.29) is 70.2 Å². The van der Waals surface area contributed by atoms with Crippen LogP contribution in [0.1, 0.15) is 28.9 Å². The Balaban J connectivity index is 0.000000285. The molecule has 8 rings (SSSR count). The number of benzene rings is 3. The fourth-order valence-corrected chi connectivity index (χ4v) is 9.74. The van der Waals surface area contributed by atoms with Gasteiger partial charge in [0.15, 0.2) is 34.5 Å². The van der Waals surface area contributed by atoms with E-state index in [2.05, 4.69) is 0 Å². The number of aliphatic hydroxyl groups is 13. The third-order valence-electron chi connectivity index (χ3n) is 14.0. The molecule has 78 heavy (non-hydrogen) atoms. The molecule has 436 valence electrons. The smallest absolute Gasteiger partial charge is 0.229 e. The Kier molecular flexibility index (Phi) is 20.9. The Morgan fingerprint density at radius 2 is 0.692 bits per heavy atom. The minimum Gasteiger partial charge on any atom is -0.493 e. The molecule has 0 saturated carbocycles.